The topological polar surface area (TPSA) is 79.0 Å². The fourth-order valence-corrected chi connectivity index (χ4v) is 6.52. The summed E-state index contributed by atoms with van der Waals surface area (Å²) in [5.41, 5.74) is 3.11. The molecule has 0 radical (unpaired) electrons. The number of H-pyrrole nitrogens is 1. The Morgan fingerprint density at radius 2 is 1.97 bits per heavy atom. The number of aromatic amines is 1. The van der Waals surface area contributed by atoms with Crippen LogP contribution in [0.15, 0.2) is 47.4 Å². The Kier molecular flexibility index (Phi) is 5.39. The number of halogens is 2. The molecule has 5 rings (SSSR count). The summed E-state index contributed by atoms with van der Waals surface area (Å²) in [4.78, 5) is 16.2. The summed E-state index contributed by atoms with van der Waals surface area (Å²) in [7, 11) is -3.78. The van der Waals surface area contributed by atoms with Crippen LogP contribution in [0.4, 0.5) is 4.39 Å². The van der Waals surface area contributed by atoms with Crippen LogP contribution < -0.4 is 4.72 Å². The maximum Gasteiger partial charge on any atom is 0.240 e. The molecule has 1 fully saturated rings. The van der Waals surface area contributed by atoms with E-state index in [1.807, 2.05) is 31.2 Å². The van der Waals surface area contributed by atoms with Crippen LogP contribution in [-0.4, -0.2) is 31.1 Å². The zero-order valence-corrected chi connectivity index (χ0v) is 19.1. The molecule has 0 spiro atoms. The van der Waals surface area contributed by atoms with Gasteiger partial charge in [0.15, 0.2) is 5.78 Å². The predicted octanol–water partition coefficient (Wildman–Crippen LogP) is 4.50. The van der Waals surface area contributed by atoms with Crippen molar-refractivity contribution in [2.45, 2.75) is 43.0 Å². The van der Waals surface area contributed by atoms with Crippen molar-refractivity contribution < 1.29 is 17.6 Å². The first kappa shape index (κ1) is 21.6. The minimum absolute atomic E-state index is 0.0442. The fourth-order valence-electron chi connectivity index (χ4n) is 5.02. The molecule has 3 atom stereocenters. The summed E-state index contributed by atoms with van der Waals surface area (Å²) in [5.74, 6) is -2.05. The van der Waals surface area contributed by atoms with E-state index in [1.54, 1.807) is 0 Å². The van der Waals surface area contributed by atoms with Crippen LogP contribution in [0.5, 0.6) is 0 Å². The molecule has 0 amide bonds. The van der Waals surface area contributed by atoms with E-state index < -0.39 is 27.7 Å². The fraction of sp³-hybridized carbons (Fsp3) is 0.375. The number of Topliss-reactive ketones (excluding diaryl/α,β-unsaturated/α-hetero) is 1. The maximum atomic E-state index is 15.5. The number of alkyl halides is 1. The Hall–Kier alpha value is -2.22. The lowest BCUT2D eigenvalue weighted by Gasteiger charge is -2.36. The smallest absolute Gasteiger partial charge is 0.240 e. The van der Waals surface area contributed by atoms with Crippen molar-refractivity contribution in [1.82, 2.24) is 9.71 Å². The van der Waals surface area contributed by atoms with Gasteiger partial charge in [-0.25, -0.2) is 17.5 Å². The normalized spacial score (nSPS) is 23.3. The second kappa shape index (κ2) is 7.97. The minimum Gasteiger partial charge on any atom is -0.358 e. The van der Waals surface area contributed by atoms with Crippen LogP contribution in [0.1, 0.15) is 42.5 Å². The van der Waals surface area contributed by atoms with E-state index in [0.29, 0.717) is 12.0 Å². The van der Waals surface area contributed by atoms with E-state index in [4.69, 9.17) is 11.6 Å². The third kappa shape index (κ3) is 3.66. The number of hydrogen-bond acceptors (Lipinski definition) is 3. The SMILES string of the molecule is C[C@H]1Cc2c([nH]c3ccccc23)[C@@H](c2ccc(S(=O)(=O)NC3CC3)cc2F)C1C(=O)CCl. The number of sulfonamides is 1. The number of aromatic nitrogens is 1. The van der Waals surface area contributed by atoms with E-state index in [-0.39, 0.29) is 28.5 Å². The molecule has 2 aromatic carbocycles. The molecule has 1 aromatic heterocycles. The van der Waals surface area contributed by atoms with Gasteiger partial charge in [-0.1, -0.05) is 31.2 Å². The highest BCUT2D eigenvalue weighted by atomic mass is 35.5. The molecule has 5 nitrogen and oxygen atoms in total. The van der Waals surface area contributed by atoms with E-state index in [2.05, 4.69) is 9.71 Å². The van der Waals surface area contributed by atoms with Gasteiger partial charge in [-0.2, -0.15) is 0 Å². The third-order valence-corrected chi connectivity index (χ3v) is 8.46. The molecule has 3 aromatic rings. The van der Waals surface area contributed by atoms with Crippen molar-refractivity contribution in [2.24, 2.45) is 11.8 Å². The molecular formula is C24H24ClFN2O3S. The lowest BCUT2D eigenvalue weighted by atomic mass is 9.67. The monoisotopic (exact) mass is 474 g/mol. The van der Waals surface area contributed by atoms with Gasteiger partial charge in [0.25, 0.3) is 0 Å². The Balaban J connectivity index is 1.65. The lowest BCUT2D eigenvalue weighted by molar-refractivity contribution is -0.122. The van der Waals surface area contributed by atoms with Gasteiger partial charge in [-0.3, -0.25) is 4.79 Å². The Labute approximate surface area is 191 Å². The van der Waals surface area contributed by atoms with Crippen LogP contribution >= 0.6 is 11.6 Å². The molecule has 32 heavy (non-hydrogen) atoms. The largest absolute Gasteiger partial charge is 0.358 e. The predicted molar refractivity (Wildman–Crippen MR) is 122 cm³/mol. The van der Waals surface area contributed by atoms with Crippen LogP contribution in [0, 0.1) is 17.7 Å². The summed E-state index contributed by atoms with van der Waals surface area (Å²) < 4.78 is 43.2. The van der Waals surface area contributed by atoms with Gasteiger partial charge in [0.2, 0.25) is 10.0 Å². The standard InChI is InChI=1S/C24H24ClFN2O3S/c1-13-10-18-16-4-2-3-5-20(16)27-24(18)23(22(13)21(29)12-25)17-9-8-15(11-19(17)26)32(30,31)28-14-6-7-14/h2-5,8-9,11,13-14,22-23,27-28H,6-7,10,12H2,1H3/t13-,22?,23-/m0/s1. The molecule has 168 valence electrons. The highest BCUT2D eigenvalue weighted by Gasteiger charge is 2.42. The van der Waals surface area contributed by atoms with Gasteiger partial charge >= 0.3 is 0 Å². The zero-order chi connectivity index (χ0) is 22.6. The van der Waals surface area contributed by atoms with Crippen molar-refractivity contribution in [3.8, 4) is 0 Å². The van der Waals surface area contributed by atoms with Gasteiger partial charge in [-0.15, -0.1) is 11.6 Å². The van der Waals surface area contributed by atoms with E-state index >= 15 is 4.39 Å². The number of ketones is 1. The van der Waals surface area contributed by atoms with Gasteiger partial charge in [0.05, 0.1) is 10.8 Å². The van der Waals surface area contributed by atoms with Gasteiger partial charge in [0.1, 0.15) is 5.82 Å². The molecule has 0 saturated heterocycles. The number of carbonyl (C=O) groups excluding carboxylic acids is 1. The highest BCUT2D eigenvalue weighted by molar-refractivity contribution is 7.89. The average molecular weight is 475 g/mol. The van der Waals surface area contributed by atoms with Crippen LogP contribution in [0.2, 0.25) is 0 Å². The number of fused-ring (bicyclic) bond motifs is 3. The molecule has 0 bridgehead atoms. The van der Waals surface area contributed by atoms with Crippen LogP contribution in [-0.2, 0) is 21.2 Å². The molecule has 2 N–H and O–H groups in total. The first-order valence-corrected chi connectivity index (χ1v) is 12.8. The molecule has 1 saturated carbocycles. The number of benzene rings is 2. The van der Waals surface area contributed by atoms with Crippen LogP contribution in [0.3, 0.4) is 0 Å². The van der Waals surface area contributed by atoms with Crippen molar-refractivity contribution in [3.05, 3.63) is 65.1 Å². The van der Waals surface area contributed by atoms with Crippen molar-refractivity contribution in [2.75, 3.05) is 5.88 Å². The quantitative estimate of drug-likeness (QED) is 0.516. The molecule has 1 heterocycles. The molecular weight excluding hydrogens is 451 g/mol. The second-order valence-corrected chi connectivity index (χ2v) is 10.9. The van der Waals surface area contributed by atoms with Gasteiger partial charge in [-0.05, 0) is 54.5 Å². The maximum absolute atomic E-state index is 15.5. The zero-order valence-electron chi connectivity index (χ0n) is 17.6. The number of nitrogens with one attached hydrogen (secondary N) is 2. The van der Waals surface area contributed by atoms with Crippen molar-refractivity contribution >= 4 is 38.3 Å². The Morgan fingerprint density at radius 1 is 1.22 bits per heavy atom. The van der Waals surface area contributed by atoms with Crippen molar-refractivity contribution in [3.63, 3.8) is 0 Å². The second-order valence-electron chi connectivity index (χ2n) is 8.93. The first-order valence-electron chi connectivity index (χ1n) is 10.8. The number of para-hydroxylation sites is 1. The highest BCUT2D eigenvalue weighted by Crippen LogP contribution is 2.47. The van der Waals surface area contributed by atoms with E-state index in [1.165, 1.54) is 12.1 Å². The number of hydrogen-bond donors (Lipinski definition) is 2. The summed E-state index contributed by atoms with van der Waals surface area (Å²) in [6.45, 7) is 1.99. The Morgan fingerprint density at radius 3 is 2.66 bits per heavy atom. The van der Waals surface area contributed by atoms with E-state index in [9.17, 15) is 13.2 Å². The first-order chi connectivity index (χ1) is 15.3. The molecule has 1 unspecified atom stereocenters. The third-order valence-electron chi connectivity index (χ3n) is 6.68. The summed E-state index contributed by atoms with van der Waals surface area (Å²) >= 11 is 5.95. The van der Waals surface area contributed by atoms with Crippen molar-refractivity contribution in [1.29, 1.82) is 0 Å². The Bertz CT molecular complexity index is 1320. The summed E-state index contributed by atoms with van der Waals surface area (Å²) in [6.07, 6.45) is 2.28. The number of rotatable bonds is 6. The average Bonchev–Trinajstić information content (AvgIpc) is 3.50. The van der Waals surface area contributed by atoms with Gasteiger partial charge < -0.3 is 4.98 Å². The summed E-state index contributed by atoms with van der Waals surface area (Å²) in [6, 6.07) is 11.8. The molecule has 2 aliphatic rings. The number of carbonyl (C=O) groups is 1. The minimum atomic E-state index is -3.78. The van der Waals surface area contributed by atoms with Gasteiger partial charge in [0, 0.05) is 34.5 Å². The summed E-state index contributed by atoms with van der Waals surface area (Å²) in [5, 5.41) is 1.06. The van der Waals surface area contributed by atoms with Crippen LogP contribution in [0.25, 0.3) is 10.9 Å². The van der Waals surface area contributed by atoms with E-state index in [0.717, 1.165) is 41.1 Å². The molecule has 0 aliphatic heterocycles. The molecule has 2 aliphatic carbocycles. The molecule has 8 heteroatoms. The lowest BCUT2D eigenvalue weighted by Crippen LogP contribution is -2.36.